The van der Waals surface area contributed by atoms with E-state index in [0.717, 1.165) is 31.3 Å². The molecule has 112 valence electrons. The minimum absolute atomic E-state index is 0.239. The Hall–Kier alpha value is -0.360. The molecule has 0 aromatic heterocycles. The summed E-state index contributed by atoms with van der Waals surface area (Å²) in [5.74, 6) is 0.866. The van der Waals surface area contributed by atoms with Crippen LogP contribution in [0.5, 0.6) is 5.75 Å². The van der Waals surface area contributed by atoms with Crippen LogP contribution in [0, 0.1) is 0 Å². The molecule has 0 aliphatic rings. The zero-order valence-corrected chi connectivity index (χ0v) is 16.5. The molecule has 0 saturated carbocycles. The topological polar surface area (TPSA) is 21.3 Å². The molecule has 2 rings (SSSR count). The second-order valence-corrected chi connectivity index (χ2v) is 7.33. The number of hydrogen-bond donors (Lipinski definition) is 1. The van der Waals surface area contributed by atoms with Gasteiger partial charge in [-0.15, -0.1) is 0 Å². The van der Waals surface area contributed by atoms with Gasteiger partial charge < -0.3 is 10.1 Å². The van der Waals surface area contributed by atoms with Crippen LogP contribution in [-0.2, 0) is 6.54 Å². The van der Waals surface area contributed by atoms with Gasteiger partial charge in [-0.3, -0.25) is 0 Å². The molecule has 1 atom stereocenters. The smallest absolute Gasteiger partial charge is 0.137 e. The molecule has 0 spiro atoms. The van der Waals surface area contributed by atoms with Gasteiger partial charge in [0.25, 0.3) is 0 Å². The maximum atomic E-state index is 5.48. The summed E-state index contributed by atoms with van der Waals surface area (Å²) in [5.41, 5.74) is 2.35. The van der Waals surface area contributed by atoms with Gasteiger partial charge in [-0.05, 0) is 46.6 Å². The monoisotopic (exact) mass is 475 g/mol. The Labute approximate surface area is 150 Å². The zero-order chi connectivity index (χ0) is 15.4. The Morgan fingerprint density at radius 1 is 1.10 bits per heavy atom. The van der Waals surface area contributed by atoms with Crippen molar-refractivity contribution in [1.29, 1.82) is 0 Å². The highest BCUT2D eigenvalue weighted by atomic mass is 79.9. The Kier molecular flexibility index (Phi) is 6.29. The molecule has 0 fully saturated rings. The first kappa shape index (κ1) is 17.0. The van der Waals surface area contributed by atoms with E-state index in [1.165, 1.54) is 5.56 Å². The minimum Gasteiger partial charge on any atom is -0.495 e. The highest BCUT2D eigenvalue weighted by Gasteiger charge is 2.12. The fraction of sp³-hybridized carbons (Fsp3) is 0.250. The summed E-state index contributed by atoms with van der Waals surface area (Å²) in [4.78, 5) is 0. The normalized spacial score (nSPS) is 12.2. The lowest BCUT2D eigenvalue weighted by Crippen LogP contribution is -2.19. The van der Waals surface area contributed by atoms with Crippen LogP contribution in [0.25, 0.3) is 0 Å². The second-order valence-electron chi connectivity index (χ2n) is 4.70. The van der Waals surface area contributed by atoms with Crippen LogP contribution in [0.1, 0.15) is 24.1 Å². The molecule has 0 amide bonds. The second kappa shape index (κ2) is 7.77. The van der Waals surface area contributed by atoms with Gasteiger partial charge in [0.1, 0.15) is 5.75 Å². The van der Waals surface area contributed by atoms with E-state index in [2.05, 4.69) is 84.3 Å². The van der Waals surface area contributed by atoms with Crippen LogP contribution in [0.4, 0.5) is 0 Å². The molecule has 2 aromatic carbocycles. The average molecular weight is 478 g/mol. The summed E-state index contributed by atoms with van der Waals surface area (Å²) in [7, 11) is 1.69. The summed E-state index contributed by atoms with van der Waals surface area (Å²) in [5, 5.41) is 3.53. The maximum absolute atomic E-state index is 5.48. The van der Waals surface area contributed by atoms with E-state index in [9.17, 15) is 0 Å². The number of methoxy groups -OCH3 is 1. The van der Waals surface area contributed by atoms with Gasteiger partial charge in [-0.1, -0.05) is 50.1 Å². The molecular weight excluding hydrogens is 462 g/mol. The van der Waals surface area contributed by atoms with Crippen LogP contribution < -0.4 is 10.1 Å². The zero-order valence-electron chi connectivity index (χ0n) is 11.8. The van der Waals surface area contributed by atoms with E-state index in [1.54, 1.807) is 7.11 Å². The van der Waals surface area contributed by atoms with Crippen molar-refractivity contribution in [3.63, 3.8) is 0 Å². The van der Waals surface area contributed by atoms with E-state index in [4.69, 9.17) is 4.74 Å². The minimum atomic E-state index is 0.239. The molecule has 2 nitrogen and oxygen atoms in total. The summed E-state index contributed by atoms with van der Waals surface area (Å²) >= 11 is 10.6. The Morgan fingerprint density at radius 2 is 1.81 bits per heavy atom. The van der Waals surface area contributed by atoms with Crippen molar-refractivity contribution in [3.05, 3.63) is 60.9 Å². The number of rotatable bonds is 5. The molecule has 0 unspecified atom stereocenters. The predicted octanol–water partition coefficient (Wildman–Crippen LogP) is 5.83. The third-order valence-electron chi connectivity index (χ3n) is 3.26. The highest BCUT2D eigenvalue weighted by molar-refractivity contribution is 9.11. The SMILES string of the molecule is COc1c(Br)cc(Br)cc1CN[C@H](C)c1ccccc1Br. The molecule has 1 N–H and O–H groups in total. The fourth-order valence-corrected chi connectivity index (χ4v) is 4.28. The van der Waals surface area contributed by atoms with E-state index in [1.807, 2.05) is 12.1 Å². The summed E-state index contributed by atoms with van der Waals surface area (Å²) in [6.45, 7) is 2.88. The van der Waals surface area contributed by atoms with E-state index in [-0.39, 0.29) is 6.04 Å². The van der Waals surface area contributed by atoms with Crippen LogP contribution in [0.3, 0.4) is 0 Å². The van der Waals surface area contributed by atoms with E-state index < -0.39 is 0 Å². The van der Waals surface area contributed by atoms with Gasteiger partial charge in [0, 0.05) is 27.1 Å². The largest absolute Gasteiger partial charge is 0.495 e. The lowest BCUT2D eigenvalue weighted by Gasteiger charge is -2.18. The molecule has 0 heterocycles. The quantitative estimate of drug-likeness (QED) is 0.584. The number of nitrogens with one attached hydrogen (secondary N) is 1. The summed E-state index contributed by atoms with van der Waals surface area (Å²) in [6.07, 6.45) is 0. The fourth-order valence-electron chi connectivity index (χ4n) is 2.17. The van der Waals surface area contributed by atoms with Crippen molar-refractivity contribution in [2.45, 2.75) is 19.5 Å². The molecule has 0 aliphatic carbocycles. The molecule has 21 heavy (non-hydrogen) atoms. The lowest BCUT2D eigenvalue weighted by atomic mass is 10.1. The molecule has 0 radical (unpaired) electrons. The number of hydrogen-bond acceptors (Lipinski definition) is 2. The average Bonchev–Trinajstić information content (AvgIpc) is 2.44. The third kappa shape index (κ3) is 4.31. The van der Waals surface area contributed by atoms with E-state index in [0.29, 0.717) is 0 Å². The molecule has 0 bridgehead atoms. The van der Waals surface area contributed by atoms with Crippen molar-refractivity contribution in [1.82, 2.24) is 5.32 Å². The first-order valence-electron chi connectivity index (χ1n) is 6.52. The van der Waals surface area contributed by atoms with Gasteiger partial charge in [0.15, 0.2) is 0 Å². The summed E-state index contributed by atoms with van der Waals surface area (Å²) < 4.78 is 8.57. The maximum Gasteiger partial charge on any atom is 0.137 e. The van der Waals surface area contributed by atoms with Crippen LogP contribution >= 0.6 is 47.8 Å². The number of ether oxygens (including phenoxy) is 1. The standard InChI is InChI=1S/C16H16Br3NO/c1-10(13-5-3-4-6-14(13)18)20-9-11-7-12(17)8-15(19)16(11)21-2/h3-8,10,20H,9H2,1-2H3/t10-/m1/s1. The molecule has 2 aromatic rings. The van der Waals surface area contributed by atoms with Crippen LogP contribution in [-0.4, -0.2) is 7.11 Å². The summed E-state index contributed by atoms with van der Waals surface area (Å²) in [6, 6.07) is 12.6. The first-order valence-corrected chi connectivity index (χ1v) is 8.90. The predicted molar refractivity (Wildman–Crippen MR) is 97.8 cm³/mol. The van der Waals surface area contributed by atoms with Crippen molar-refractivity contribution < 1.29 is 4.74 Å². The Bertz CT molecular complexity index is 631. The molecule has 0 aliphatic heterocycles. The Balaban J connectivity index is 2.15. The van der Waals surface area contributed by atoms with Gasteiger partial charge in [0.05, 0.1) is 11.6 Å². The molecule has 5 heteroatoms. The first-order chi connectivity index (χ1) is 10.0. The lowest BCUT2D eigenvalue weighted by molar-refractivity contribution is 0.403. The molecular formula is C16H16Br3NO. The van der Waals surface area contributed by atoms with Crippen molar-refractivity contribution >= 4 is 47.8 Å². The molecule has 0 saturated heterocycles. The van der Waals surface area contributed by atoms with Gasteiger partial charge in [-0.25, -0.2) is 0 Å². The third-order valence-corrected chi connectivity index (χ3v) is 5.03. The van der Waals surface area contributed by atoms with Gasteiger partial charge >= 0.3 is 0 Å². The Morgan fingerprint density at radius 3 is 2.48 bits per heavy atom. The van der Waals surface area contributed by atoms with Crippen molar-refractivity contribution in [3.8, 4) is 5.75 Å². The van der Waals surface area contributed by atoms with Crippen molar-refractivity contribution in [2.24, 2.45) is 0 Å². The van der Waals surface area contributed by atoms with Gasteiger partial charge in [0.2, 0.25) is 0 Å². The van der Waals surface area contributed by atoms with Crippen molar-refractivity contribution in [2.75, 3.05) is 7.11 Å². The highest BCUT2D eigenvalue weighted by Crippen LogP contribution is 2.33. The van der Waals surface area contributed by atoms with Crippen LogP contribution in [0.2, 0.25) is 0 Å². The number of benzene rings is 2. The van der Waals surface area contributed by atoms with Crippen LogP contribution in [0.15, 0.2) is 49.8 Å². The van der Waals surface area contributed by atoms with Gasteiger partial charge in [-0.2, -0.15) is 0 Å². The number of halogens is 3. The van der Waals surface area contributed by atoms with E-state index >= 15 is 0 Å².